The van der Waals surface area contributed by atoms with E-state index >= 15 is 0 Å². The van der Waals surface area contributed by atoms with Crippen LogP contribution >= 0.6 is 11.6 Å². The number of amides is 1. The van der Waals surface area contributed by atoms with Crippen LogP contribution in [-0.4, -0.2) is 23.0 Å². The Balaban J connectivity index is 2.04. The minimum Gasteiger partial charge on any atom is -0.478 e. The van der Waals surface area contributed by atoms with Crippen molar-refractivity contribution in [1.82, 2.24) is 5.32 Å². The number of carboxylic acid groups (broad SMARTS) is 1. The molecule has 0 bridgehead atoms. The Bertz CT molecular complexity index is 563. The van der Waals surface area contributed by atoms with E-state index in [-0.39, 0.29) is 11.9 Å². The lowest BCUT2D eigenvalue weighted by molar-refractivity contribution is -0.131. The van der Waals surface area contributed by atoms with Gasteiger partial charge in [0.15, 0.2) is 0 Å². The van der Waals surface area contributed by atoms with Gasteiger partial charge in [0, 0.05) is 22.7 Å². The minimum atomic E-state index is -1.04. The Morgan fingerprint density at radius 1 is 1.24 bits per heavy atom. The Morgan fingerprint density at radius 3 is 2.57 bits per heavy atom. The van der Waals surface area contributed by atoms with Crippen molar-refractivity contribution < 1.29 is 14.7 Å². The molecule has 21 heavy (non-hydrogen) atoms. The van der Waals surface area contributed by atoms with Gasteiger partial charge in [-0.05, 0) is 36.6 Å². The second kappa shape index (κ2) is 7.27. The third-order valence-corrected chi connectivity index (χ3v) is 3.94. The Kier molecular flexibility index (Phi) is 5.39. The van der Waals surface area contributed by atoms with Crippen LogP contribution in [0.5, 0.6) is 0 Å². The van der Waals surface area contributed by atoms with E-state index in [0.29, 0.717) is 16.1 Å². The lowest BCUT2D eigenvalue weighted by Gasteiger charge is -2.22. The maximum Gasteiger partial charge on any atom is 0.328 e. The minimum absolute atomic E-state index is 0.127. The monoisotopic (exact) mass is 307 g/mol. The van der Waals surface area contributed by atoms with E-state index in [1.54, 1.807) is 18.2 Å². The van der Waals surface area contributed by atoms with E-state index in [9.17, 15) is 9.59 Å². The Hall–Kier alpha value is -1.81. The summed E-state index contributed by atoms with van der Waals surface area (Å²) in [5, 5.41) is 12.0. The largest absolute Gasteiger partial charge is 0.478 e. The molecule has 1 aromatic rings. The molecule has 2 N–H and O–H groups in total. The summed E-state index contributed by atoms with van der Waals surface area (Å²) >= 11 is 6.08. The number of halogens is 1. The topological polar surface area (TPSA) is 66.4 Å². The van der Waals surface area contributed by atoms with Crippen LogP contribution in [0.3, 0.4) is 0 Å². The highest BCUT2D eigenvalue weighted by Crippen LogP contribution is 2.21. The molecule has 1 saturated carbocycles. The molecule has 1 amide bonds. The summed E-state index contributed by atoms with van der Waals surface area (Å²) in [6.45, 7) is 0. The third-order valence-electron chi connectivity index (χ3n) is 3.61. The number of rotatable bonds is 4. The normalized spacial score (nSPS) is 16.0. The van der Waals surface area contributed by atoms with E-state index in [2.05, 4.69) is 5.32 Å². The van der Waals surface area contributed by atoms with Gasteiger partial charge in [0.1, 0.15) is 0 Å². The summed E-state index contributed by atoms with van der Waals surface area (Å²) in [4.78, 5) is 22.6. The number of carbonyl (C=O) groups is 2. The van der Waals surface area contributed by atoms with Crippen molar-refractivity contribution >= 4 is 29.6 Å². The summed E-state index contributed by atoms with van der Waals surface area (Å²) in [5.74, 6) is -1.16. The average Bonchev–Trinajstić information content (AvgIpc) is 2.46. The van der Waals surface area contributed by atoms with Crippen LogP contribution in [0.15, 0.2) is 24.3 Å². The smallest absolute Gasteiger partial charge is 0.328 e. The Morgan fingerprint density at radius 2 is 1.95 bits per heavy atom. The summed E-state index contributed by atoms with van der Waals surface area (Å²) in [6.07, 6.45) is 8.03. The summed E-state index contributed by atoms with van der Waals surface area (Å²) in [5.41, 5.74) is 1.08. The van der Waals surface area contributed by atoms with Gasteiger partial charge in [0.2, 0.25) is 0 Å². The molecule has 0 spiro atoms. The van der Waals surface area contributed by atoms with Gasteiger partial charge in [0.25, 0.3) is 5.91 Å². The zero-order valence-electron chi connectivity index (χ0n) is 11.6. The number of nitrogens with one attached hydrogen (secondary N) is 1. The van der Waals surface area contributed by atoms with E-state index in [4.69, 9.17) is 16.7 Å². The first-order chi connectivity index (χ1) is 10.1. The van der Waals surface area contributed by atoms with Gasteiger partial charge in [-0.25, -0.2) is 4.79 Å². The highest BCUT2D eigenvalue weighted by Gasteiger charge is 2.17. The van der Waals surface area contributed by atoms with Crippen molar-refractivity contribution in [2.45, 2.75) is 38.1 Å². The highest BCUT2D eigenvalue weighted by molar-refractivity contribution is 6.32. The first-order valence-corrected chi connectivity index (χ1v) is 7.45. The highest BCUT2D eigenvalue weighted by atomic mass is 35.5. The van der Waals surface area contributed by atoms with Crippen LogP contribution in [0.1, 0.15) is 48.0 Å². The lowest BCUT2D eigenvalue weighted by atomic mass is 9.95. The second-order valence-electron chi connectivity index (χ2n) is 5.22. The van der Waals surface area contributed by atoms with Gasteiger partial charge in [-0.15, -0.1) is 0 Å². The van der Waals surface area contributed by atoms with Gasteiger partial charge in [-0.2, -0.15) is 0 Å². The molecule has 0 heterocycles. The molecule has 1 aliphatic rings. The zero-order valence-corrected chi connectivity index (χ0v) is 12.4. The first kappa shape index (κ1) is 15.6. The van der Waals surface area contributed by atoms with Crippen LogP contribution in [0.2, 0.25) is 5.02 Å². The van der Waals surface area contributed by atoms with Crippen LogP contribution < -0.4 is 5.32 Å². The molecule has 5 heteroatoms. The lowest BCUT2D eigenvalue weighted by Crippen LogP contribution is -2.36. The van der Waals surface area contributed by atoms with Crippen molar-refractivity contribution in [2.75, 3.05) is 0 Å². The van der Waals surface area contributed by atoms with Gasteiger partial charge >= 0.3 is 5.97 Å². The number of aliphatic carboxylic acids is 1. The van der Waals surface area contributed by atoms with Crippen molar-refractivity contribution in [1.29, 1.82) is 0 Å². The summed E-state index contributed by atoms with van der Waals surface area (Å²) in [6, 6.07) is 5.13. The van der Waals surface area contributed by atoms with Crippen LogP contribution in [0.4, 0.5) is 0 Å². The van der Waals surface area contributed by atoms with Crippen molar-refractivity contribution in [2.24, 2.45) is 0 Å². The molecule has 0 saturated heterocycles. The number of benzene rings is 1. The van der Waals surface area contributed by atoms with E-state index in [0.717, 1.165) is 31.8 Å². The number of carbonyl (C=O) groups excluding carboxylic acids is 1. The molecular formula is C16H18ClNO3. The SMILES string of the molecule is O=C(O)/C=C/c1ccc(C(=O)NC2CCCCC2)cc1Cl. The van der Waals surface area contributed by atoms with E-state index in [1.807, 2.05) is 0 Å². The summed E-state index contributed by atoms with van der Waals surface area (Å²) in [7, 11) is 0. The fourth-order valence-electron chi connectivity index (χ4n) is 2.48. The Labute approximate surface area is 128 Å². The maximum atomic E-state index is 12.2. The molecule has 0 aromatic heterocycles. The fraction of sp³-hybridized carbons (Fsp3) is 0.375. The molecule has 0 unspecified atom stereocenters. The van der Waals surface area contributed by atoms with Crippen molar-refractivity contribution in [3.63, 3.8) is 0 Å². The molecular weight excluding hydrogens is 290 g/mol. The average molecular weight is 308 g/mol. The van der Waals surface area contributed by atoms with E-state index in [1.165, 1.54) is 12.5 Å². The summed E-state index contributed by atoms with van der Waals surface area (Å²) < 4.78 is 0. The molecule has 0 radical (unpaired) electrons. The number of hydrogen-bond acceptors (Lipinski definition) is 2. The van der Waals surface area contributed by atoms with Gasteiger partial charge in [0.05, 0.1) is 0 Å². The fourth-order valence-corrected chi connectivity index (χ4v) is 2.72. The molecule has 1 aromatic carbocycles. The molecule has 2 rings (SSSR count). The van der Waals surface area contributed by atoms with E-state index < -0.39 is 5.97 Å². The molecule has 0 atom stereocenters. The number of carboxylic acids is 1. The second-order valence-corrected chi connectivity index (χ2v) is 5.62. The third kappa shape index (κ3) is 4.60. The maximum absolute atomic E-state index is 12.2. The molecule has 112 valence electrons. The van der Waals surface area contributed by atoms with Gasteiger partial charge in [-0.1, -0.05) is 36.9 Å². The molecule has 0 aliphatic heterocycles. The first-order valence-electron chi connectivity index (χ1n) is 7.07. The van der Waals surface area contributed by atoms with Crippen molar-refractivity contribution in [3.8, 4) is 0 Å². The van der Waals surface area contributed by atoms with Crippen molar-refractivity contribution in [3.05, 3.63) is 40.4 Å². The van der Waals surface area contributed by atoms with Crippen LogP contribution in [0, 0.1) is 0 Å². The quantitative estimate of drug-likeness (QED) is 0.837. The zero-order chi connectivity index (χ0) is 15.2. The van der Waals surface area contributed by atoms with Crippen LogP contribution in [0.25, 0.3) is 6.08 Å². The molecule has 1 aliphatic carbocycles. The van der Waals surface area contributed by atoms with Gasteiger partial charge < -0.3 is 10.4 Å². The number of hydrogen-bond donors (Lipinski definition) is 2. The van der Waals surface area contributed by atoms with Crippen LogP contribution in [-0.2, 0) is 4.79 Å². The predicted octanol–water partition coefficient (Wildman–Crippen LogP) is 3.50. The predicted molar refractivity (Wildman–Crippen MR) is 82.5 cm³/mol. The molecule has 4 nitrogen and oxygen atoms in total. The van der Waals surface area contributed by atoms with Gasteiger partial charge in [-0.3, -0.25) is 4.79 Å². The molecule has 1 fully saturated rings. The standard InChI is InChI=1S/C16H18ClNO3/c17-14-10-12(7-6-11(14)8-9-15(19)20)16(21)18-13-4-2-1-3-5-13/h6-10,13H,1-5H2,(H,18,21)(H,19,20)/b9-8+.